The molecule has 2 nitrogen and oxygen atoms in total. The van der Waals surface area contributed by atoms with Gasteiger partial charge in [0, 0.05) is 22.8 Å². The van der Waals surface area contributed by atoms with Crippen LogP contribution in [-0.2, 0) is 16.3 Å². The van der Waals surface area contributed by atoms with Crippen molar-refractivity contribution < 1.29 is 9.90 Å². The van der Waals surface area contributed by atoms with E-state index in [1.54, 1.807) is 6.08 Å². The summed E-state index contributed by atoms with van der Waals surface area (Å²) in [7, 11) is 0. The van der Waals surface area contributed by atoms with E-state index >= 15 is 0 Å². The van der Waals surface area contributed by atoms with Crippen LogP contribution in [0.3, 0.4) is 0 Å². The highest BCUT2D eigenvalue weighted by Gasteiger charge is 2.10. The molecule has 4 heteroatoms. The van der Waals surface area contributed by atoms with E-state index in [0.717, 1.165) is 30.8 Å². The van der Waals surface area contributed by atoms with Crippen molar-refractivity contribution in [1.29, 1.82) is 0 Å². The first kappa shape index (κ1) is 22.6. The van der Waals surface area contributed by atoms with Crippen LogP contribution in [0.15, 0.2) is 72.8 Å². The summed E-state index contributed by atoms with van der Waals surface area (Å²) < 4.78 is 0. The lowest BCUT2D eigenvalue weighted by molar-refractivity contribution is -0.131. The van der Waals surface area contributed by atoms with Gasteiger partial charge in [-0.1, -0.05) is 73.2 Å². The van der Waals surface area contributed by atoms with Crippen molar-refractivity contribution in [2.75, 3.05) is 5.75 Å². The monoisotopic (exact) mass is 414 g/mol. The van der Waals surface area contributed by atoms with Crippen molar-refractivity contribution in [3.05, 3.63) is 83.9 Å². The molecule has 28 heavy (non-hydrogen) atoms. The van der Waals surface area contributed by atoms with Gasteiger partial charge >= 0.3 is 5.97 Å². The smallest absolute Gasteiger partial charge is 0.327 e. The molecular formula is C24H30O2S2. The summed E-state index contributed by atoms with van der Waals surface area (Å²) >= 11 is 4.08. The summed E-state index contributed by atoms with van der Waals surface area (Å²) in [5.41, 5.74) is 2.78. The van der Waals surface area contributed by atoms with Crippen LogP contribution in [-0.4, -0.2) is 22.1 Å². The molecule has 0 aliphatic rings. The maximum atomic E-state index is 10.5. The van der Waals surface area contributed by atoms with E-state index in [1.807, 2.05) is 11.8 Å². The van der Waals surface area contributed by atoms with Gasteiger partial charge in [-0.15, -0.1) is 0 Å². The molecule has 0 saturated carbocycles. The zero-order valence-corrected chi connectivity index (χ0v) is 18.0. The summed E-state index contributed by atoms with van der Waals surface area (Å²) in [6.07, 6.45) is 8.50. The van der Waals surface area contributed by atoms with Crippen molar-refractivity contribution >= 4 is 29.5 Å². The number of benzene rings is 2. The normalized spacial score (nSPS) is 12.3. The molecule has 1 N–H and O–H groups in total. The lowest BCUT2D eigenvalue weighted by atomic mass is 10.1. The van der Waals surface area contributed by atoms with E-state index in [0.29, 0.717) is 5.25 Å². The Balaban J connectivity index is 1.71. The van der Waals surface area contributed by atoms with Crippen LogP contribution in [0.5, 0.6) is 0 Å². The van der Waals surface area contributed by atoms with Crippen molar-refractivity contribution in [2.45, 2.75) is 48.9 Å². The van der Waals surface area contributed by atoms with Crippen LogP contribution in [0, 0.1) is 0 Å². The predicted octanol–water partition coefficient (Wildman–Crippen LogP) is 6.81. The molecule has 0 bridgehead atoms. The Morgan fingerprint density at radius 1 is 0.893 bits per heavy atom. The molecular weight excluding hydrogens is 384 g/mol. The van der Waals surface area contributed by atoms with Crippen LogP contribution in [0.2, 0.25) is 0 Å². The number of aliphatic carboxylic acids is 1. The fourth-order valence-corrected chi connectivity index (χ4v) is 5.31. The fourth-order valence-electron chi connectivity index (χ4n) is 2.90. The van der Waals surface area contributed by atoms with Crippen molar-refractivity contribution in [1.82, 2.24) is 0 Å². The topological polar surface area (TPSA) is 37.3 Å². The number of carboxylic acids is 1. The zero-order valence-electron chi connectivity index (χ0n) is 16.3. The molecule has 0 fully saturated rings. The van der Waals surface area contributed by atoms with Crippen molar-refractivity contribution in [3.63, 3.8) is 0 Å². The van der Waals surface area contributed by atoms with Gasteiger partial charge in [-0.2, -0.15) is 23.5 Å². The van der Waals surface area contributed by atoms with E-state index in [1.165, 1.54) is 35.8 Å². The number of unbranched alkanes of at least 4 members (excludes halogenated alkanes) is 2. The van der Waals surface area contributed by atoms with E-state index in [4.69, 9.17) is 5.11 Å². The van der Waals surface area contributed by atoms with Crippen molar-refractivity contribution in [3.8, 4) is 0 Å². The highest BCUT2D eigenvalue weighted by molar-refractivity contribution is 7.99. The Morgan fingerprint density at radius 3 is 2.18 bits per heavy atom. The molecule has 0 heterocycles. The molecule has 2 aromatic carbocycles. The number of rotatable bonds is 14. The number of allylic oxidation sites excluding steroid dienone is 1. The molecule has 0 aliphatic heterocycles. The van der Waals surface area contributed by atoms with Gasteiger partial charge in [-0.3, -0.25) is 0 Å². The van der Waals surface area contributed by atoms with Crippen molar-refractivity contribution in [2.24, 2.45) is 0 Å². The van der Waals surface area contributed by atoms with Crippen LogP contribution in [0.1, 0.15) is 43.2 Å². The van der Waals surface area contributed by atoms with Gasteiger partial charge in [0.05, 0.1) is 0 Å². The Labute approximate surface area is 177 Å². The minimum absolute atomic E-state index is 0.659. The summed E-state index contributed by atoms with van der Waals surface area (Å²) in [5, 5.41) is 9.31. The molecule has 150 valence electrons. The van der Waals surface area contributed by atoms with Crippen LogP contribution in [0.25, 0.3) is 0 Å². The van der Waals surface area contributed by atoms with Gasteiger partial charge in [-0.25, -0.2) is 4.79 Å². The van der Waals surface area contributed by atoms with Gasteiger partial charge in [-0.05, 0) is 42.6 Å². The quantitative estimate of drug-likeness (QED) is 0.272. The lowest BCUT2D eigenvalue weighted by Crippen LogP contribution is -2.05. The SMILES string of the molecule is O=C(O)/C=C/CCCC[C@H](CCSCc1ccccc1)SCc1ccccc1. The number of hydrogen-bond donors (Lipinski definition) is 1. The van der Waals surface area contributed by atoms with Gasteiger partial charge in [0.2, 0.25) is 0 Å². The second-order valence-electron chi connectivity index (χ2n) is 6.77. The van der Waals surface area contributed by atoms with Gasteiger partial charge in [0.15, 0.2) is 0 Å². The molecule has 0 unspecified atom stereocenters. The molecule has 0 aromatic heterocycles. The van der Waals surface area contributed by atoms with Crippen LogP contribution in [0.4, 0.5) is 0 Å². The molecule has 2 aromatic rings. The zero-order chi connectivity index (χ0) is 19.9. The third-order valence-electron chi connectivity index (χ3n) is 4.43. The summed E-state index contributed by atoms with van der Waals surface area (Å²) in [4.78, 5) is 10.5. The van der Waals surface area contributed by atoms with E-state index < -0.39 is 5.97 Å². The first-order valence-electron chi connectivity index (χ1n) is 9.90. The predicted molar refractivity (Wildman–Crippen MR) is 124 cm³/mol. The average molecular weight is 415 g/mol. The Kier molecular flexibility index (Phi) is 11.6. The van der Waals surface area contributed by atoms with Gasteiger partial charge in [0.25, 0.3) is 0 Å². The molecule has 0 radical (unpaired) electrons. The molecule has 0 spiro atoms. The standard InChI is InChI=1S/C24H30O2S2/c25-24(26)16-10-2-1-9-15-23(28-20-22-13-7-4-8-14-22)17-18-27-19-21-11-5-3-6-12-21/h3-8,10-14,16,23H,1-2,9,15,17-20H2,(H,25,26)/b16-10+/t23-/m1/s1. The minimum atomic E-state index is -0.855. The first-order chi connectivity index (χ1) is 13.7. The van der Waals surface area contributed by atoms with E-state index in [2.05, 4.69) is 72.4 Å². The van der Waals surface area contributed by atoms with E-state index in [9.17, 15) is 4.79 Å². The number of thioether (sulfide) groups is 2. The molecule has 2 rings (SSSR count). The van der Waals surface area contributed by atoms with Gasteiger partial charge < -0.3 is 5.11 Å². The van der Waals surface area contributed by atoms with Crippen LogP contribution < -0.4 is 0 Å². The third-order valence-corrected chi connectivity index (χ3v) is 6.94. The molecule has 0 amide bonds. The number of carbonyl (C=O) groups is 1. The average Bonchev–Trinajstić information content (AvgIpc) is 2.72. The van der Waals surface area contributed by atoms with E-state index in [-0.39, 0.29) is 0 Å². The Hall–Kier alpha value is -1.65. The number of carboxylic acid groups (broad SMARTS) is 1. The third kappa shape index (κ3) is 10.6. The number of hydrogen-bond acceptors (Lipinski definition) is 3. The van der Waals surface area contributed by atoms with Crippen LogP contribution >= 0.6 is 23.5 Å². The molecule has 0 aliphatic carbocycles. The fraction of sp³-hybridized carbons (Fsp3) is 0.375. The second kappa shape index (κ2) is 14.4. The highest BCUT2D eigenvalue weighted by atomic mass is 32.2. The summed E-state index contributed by atoms with van der Waals surface area (Å²) in [6, 6.07) is 21.3. The highest BCUT2D eigenvalue weighted by Crippen LogP contribution is 2.27. The Bertz CT molecular complexity index is 686. The largest absolute Gasteiger partial charge is 0.478 e. The maximum absolute atomic E-state index is 10.5. The summed E-state index contributed by atoms with van der Waals surface area (Å²) in [6.45, 7) is 0. The maximum Gasteiger partial charge on any atom is 0.327 e. The lowest BCUT2D eigenvalue weighted by Gasteiger charge is -2.16. The first-order valence-corrected chi connectivity index (χ1v) is 12.1. The minimum Gasteiger partial charge on any atom is -0.478 e. The second-order valence-corrected chi connectivity index (χ2v) is 9.16. The summed E-state index contributed by atoms with van der Waals surface area (Å²) in [5.74, 6) is 2.47. The van der Waals surface area contributed by atoms with Gasteiger partial charge in [0.1, 0.15) is 0 Å². The Morgan fingerprint density at radius 2 is 1.54 bits per heavy atom. The molecule has 1 atom stereocenters. The molecule has 0 saturated heterocycles.